The molecule has 2 heterocycles. The van der Waals surface area contributed by atoms with Crippen LogP contribution in [0.25, 0.3) is 11.3 Å². The summed E-state index contributed by atoms with van der Waals surface area (Å²) in [7, 11) is 0. The maximum Gasteiger partial charge on any atom is 0.247 e. The SMILES string of the molecule is CCCCSc1nnc2c(n1)O[C@H](c1ccccc1)Nc1ccccc1-2. The van der Waals surface area contributed by atoms with Crippen LogP contribution in [0.1, 0.15) is 31.6 Å². The van der Waals surface area contributed by atoms with Gasteiger partial charge < -0.3 is 10.1 Å². The molecule has 0 spiro atoms. The summed E-state index contributed by atoms with van der Waals surface area (Å²) in [4.78, 5) is 4.65. The molecule has 26 heavy (non-hydrogen) atoms. The van der Waals surface area contributed by atoms with Crippen LogP contribution < -0.4 is 10.1 Å². The van der Waals surface area contributed by atoms with Crippen LogP contribution in [0.2, 0.25) is 0 Å². The van der Waals surface area contributed by atoms with E-state index in [0.29, 0.717) is 16.7 Å². The van der Waals surface area contributed by atoms with E-state index in [1.165, 1.54) is 0 Å². The third-order valence-electron chi connectivity index (χ3n) is 4.16. The van der Waals surface area contributed by atoms with Crippen LogP contribution in [0.4, 0.5) is 5.69 Å². The molecule has 0 saturated carbocycles. The Labute approximate surface area is 157 Å². The largest absolute Gasteiger partial charge is 0.448 e. The second kappa shape index (κ2) is 7.74. The summed E-state index contributed by atoms with van der Waals surface area (Å²) >= 11 is 1.62. The molecule has 2 aromatic carbocycles. The molecule has 132 valence electrons. The molecule has 4 rings (SSSR count). The molecule has 0 fully saturated rings. The van der Waals surface area contributed by atoms with Crippen LogP contribution in [0.5, 0.6) is 5.88 Å². The maximum atomic E-state index is 6.23. The lowest BCUT2D eigenvalue weighted by atomic mass is 10.1. The van der Waals surface area contributed by atoms with Gasteiger partial charge in [0.05, 0.1) is 0 Å². The first-order valence-corrected chi connectivity index (χ1v) is 9.79. The number of para-hydroxylation sites is 1. The molecule has 0 unspecified atom stereocenters. The molecule has 1 aliphatic heterocycles. The number of ether oxygens (including phenoxy) is 1. The van der Waals surface area contributed by atoms with Gasteiger partial charge in [0.1, 0.15) is 0 Å². The van der Waals surface area contributed by atoms with E-state index in [4.69, 9.17) is 4.74 Å². The number of benzene rings is 2. The zero-order valence-electron chi connectivity index (χ0n) is 14.6. The van der Waals surface area contributed by atoms with Gasteiger partial charge in [0.2, 0.25) is 11.0 Å². The third-order valence-corrected chi connectivity index (χ3v) is 5.09. The predicted octanol–water partition coefficient (Wildman–Crippen LogP) is 4.93. The molecular weight excluding hydrogens is 344 g/mol. The summed E-state index contributed by atoms with van der Waals surface area (Å²) in [5.74, 6) is 1.50. The molecule has 0 radical (unpaired) electrons. The second-order valence-electron chi connectivity index (χ2n) is 6.05. The highest BCUT2D eigenvalue weighted by atomic mass is 32.2. The Balaban J connectivity index is 1.74. The van der Waals surface area contributed by atoms with Gasteiger partial charge in [-0.05, 0) is 12.5 Å². The number of thioether (sulfide) groups is 1. The molecule has 5 nitrogen and oxygen atoms in total. The molecule has 1 aliphatic rings. The van der Waals surface area contributed by atoms with Gasteiger partial charge in [-0.1, -0.05) is 73.6 Å². The van der Waals surface area contributed by atoms with Crippen LogP contribution in [-0.2, 0) is 0 Å². The molecule has 1 N–H and O–H groups in total. The fraction of sp³-hybridized carbons (Fsp3) is 0.250. The van der Waals surface area contributed by atoms with Gasteiger partial charge in [0, 0.05) is 22.6 Å². The van der Waals surface area contributed by atoms with Crippen molar-refractivity contribution in [2.24, 2.45) is 0 Å². The van der Waals surface area contributed by atoms with E-state index >= 15 is 0 Å². The molecule has 0 saturated heterocycles. The number of fused-ring (bicyclic) bond motifs is 3. The molecular formula is C20H20N4OS. The highest BCUT2D eigenvalue weighted by molar-refractivity contribution is 7.99. The standard InChI is InChI=1S/C20H20N4OS/c1-2-3-13-26-20-22-19-17(23-24-20)15-11-7-8-12-16(15)21-18(25-19)14-9-5-4-6-10-14/h4-12,18,21H,2-3,13H2,1H3/t18-/m1/s1. The monoisotopic (exact) mass is 364 g/mol. The van der Waals surface area contributed by atoms with E-state index in [2.05, 4.69) is 27.4 Å². The number of rotatable bonds is 5. The van der Waals surface area contributed by atoms with E-state index in [9.17, 15) is 0 Å². The van der Waals surface area contributed by atoms with Crippen molar-refractivity contribution in [2.75, 3.05) is 11.1 Å². The number of unbranched alkanes of at least 4 members (excludes halogenated alkanes) is 1. The first-order valence-electron chi connectivity index (χ1n) is 8.80. The highest BCUT2D eigenvalue weighted by Gasteiger charge is 2.25. The summed E-state index contributed by atoms with van der Waals surface area (Å²) in [6, 6.07) is 18.1. The van der Waals surface area contributed by atoms with Crippen LogP contribution >= 0.6 is 11.8 Å². The smallest absolute Gasteiger partial charge is 0.247 e. The van der Waals surface area contributed by atoms with Gasteiger partial charge in [0.25, 0.3) is 0 Å². The molecule has 0 aliphatic carbocycles. The molecule has 3 aromatic rings. The molecule has 6 heteroatoms. The minimum Gasteiger partial charge on any atom is -0.448 e. The quantitative estimate of drug-likeness (QED) is 0.511. The van der Waals surface area contributed by atoms with E-state index < -0.39 is 0 Å². The number of anilines is 1. The van der Waals surface area contributed by atoms with E-state index in [-0.39, 0.29) is 6.23 Å². The van der Waals surface area contributed by atoms with E-state index in [1.807, 2.05) is 54.6 Å². The maximum absolute atomic E-state index is 6.23. The van der Waals surface area contributed by atoms with Gasteiger partial charge in [-0.25, -0.2) is 0 Å². The first kappa shape index (κ1) is 16.8. The second-order valence-corrected chi connectivity index (χ2v) is 7.11. The van der Waals surface area contributed by atoms with Gasteiger partial charge in [-0.2, -0.15) is 4.98 Å². The number of aromatic nitrogens is 3. The van der Waals surface area contributed by atoms with Crippen molar-refractivity contribution in [1.29, 1.82) is 0 Å². The molecule has 1 aromatic heterocycles. The van der Waals surface area contributed by atoms with Crippen LogP contribution in [0.3, 0.4) is 0 Å². The fourth-order valence-corrected chi connectivity index (χ4v) is 3.66. The van der Waals surface area contributed by atoms with Crippen LogP contribution in [0, 0.1) is 0 Å². The summed E-state index contributed by atoms with van der Waals surface area (Å²) < 4.78 is 6.23. The Morgan fingerprint density at radius 1 is 1.04 bits per heavy atom. The zero-order valence-corrected chi connectivity index (χ0v) is 15.4. The van der Waals surface area contributed by atoms with Crippen molar-refractivity contribution in [2.45, 2.75) is 31.1 Å². The van der Waals surface area contributed by atoms with Crippen molar-refractivity contribution >= 4 is 17.4 Å². The Morgan fingerprint density at radius 3 is 2.69 bits per heavy atom. The van der Waals surface area contributed by atoms with Gasteiger partial charge >= 0.3 is 0 Å². The fourth-order valence-electron chi connectivity index (χ4n) is 2.79. The average molecular weight is 364 g/mol. The number of nitrogens with zero attached hydrogens (tertiary/aromatic N) is 3. The minimum absolute atomic E-state index is 0.330. The zero-order chi connectivity index (χ0) is 17.8. The van der Waals surface area contributed by atoms with Crippen molar-refractivity contribution in [3.05, 3.63) is 60.2 Å². The molecule has 0 bridgehead atoms. The van der Waals surface area contributed by atoms with Gasteiger partial charge in [0.15, 0.2) is 11.9 Å². The average Bonchev–Trinajstić information content (AvgIpc) is 2.85. The Kier molecular flexibility index (Phi) is 5.02. The van der Waals surface area contributed by atoms with Gasteiger partial charge in [-0.15, -0.1) is 10.2 Å². The lowest BCUT2D eigenvalue weighted by molar-refractivity contribution is 0.225. The number of hydrogen-bond donors (Lipinski definition) is 1. The van der Waals surface area contributed by atoms with Gasteiger partial charge in [-0.3, -0.25) is 0 Å². The van der Waals surface area contributed by atoms with Crippen LogP contribution in [0.15, 0.2) is 59.8 Å². The lowest BCUT2D eigenvalue weighted by Gasteiger charge is -2.19. The lowest BCUT2D eigenvalue weighted by Crippen LogP contribution is -2.17. The van der Waals surface area contributed by atoms with Crippen molar-refractivity contribution in [3.63, 3.8) is 0 Å². The normalized spacial score (nSPS) is 15.2. The van der Waals surface area contributed by atoms with Crippen molar-refractivity contribution in [1.82, 2.24) is 15.2 Å². The summed E-state index contributed by atoms with van der Waals surface area (Å²) in [6.45, 7) is 2.17. The van der Waals surface area contributed by atoms with E-state index in [0.717, 1.165) is 35.4 Å². The van der Waals surface area contributed by atoms with Crippen molar-refractivity contribution in [3.8, 4) is 17.1 Å². The van der Waals surface area contributed by atoms with Crippen molar-refractivity contribution < 1.29 is 4.74 Å². The highest BCUT2D eigenvalue weighted by Crippen LogP contribution is 2.39. The number of hydrogen-bond acceptors (Lipinski definition) is 6. The van der Waals surface area contributed by atoms with E-state index in [1.54, 1.807) is 11.8 Å². The van der Waals surface area contributed by atoms with Crippen LogP contribution in [-0.4, -0.2) is 20.9 Å². The topological polar surface area (TPSA) is 59.9 Å². The summed E-state index contributed by atoms with van der Waals surface area (Å²) in [5, 5.41) is 12.8. The Bertz CT molecular complexity index is 888. The summed E-state index contributed by atoms with van der Waals surface area (Å²) in [5.41, 5.74) is 3.62. The summed E-state index contributed by atoms with van der Waals surface area (Å²) in [6.07, 6.45) is 1.95. The third kappa shape index (κ3) is 3.51. The Hall–Kier alpha value is -2.60. The molecule has 0 amide bonds. The Morgan fingerprint density at radius 2 is 1.85 bits per heavy atom. The minimum atomic E-state index is -0.330. The predicted molar refractivity (Wildman–Crippen MR) is 104 cm³/mol. The number of nitrogens with one attached hydrogen (secondary N) is 1. The first-order chi connectivity index (χ1) is 12.8. The molecule has 1 atom stereocenters.